The molecule has 2 atom stereocenters. The molecule has 13 heavy (non-hydrogen) atoms. The molecule has 0 bridgehead atoms. The van der Waals surface area contributed by atoms with Gasteiger partial charge in [-0.2, -0.15) is 0 Å². The van der Waals surface area contributed by atoms with E-state index in [0.717, 1.165) is 19.5 Å². The van der Waals surface area contributed by atoms with E-state index in [-0.39, 0.29) is 18.4 Å². The molecule has 0 aromatic heterocycles. The maximum Gasteiger partial charge on any atom is 0.306 e. The van der Waals surface area contributed by atoms with Crippen molar-refractivity contribution in [2.24, 2.45) is 11.8 Å². The first-order chi connectivity index (χ1) is 6.15. The summed E-state index contributed by atoms with van der Waals surface area (Å²) in [5.41, 5.74) is 0. The minimum atomic E-state index is -0.769. The number of aliphatic hydroxyl groups is 1. The molecule has 2 N–H and O–H groups in total. The van der Waals surface area contributed by atoms with Crippen LogP contribution >= 0.6 is 0 Å². The van der Waals surface area contributed by atoms with Crippen LogP contribution in [-0.4, -0.2) is 47.8 Å². The number of carboxylic acid groups (broad SMARTS) is 1. The predicted octanol–water partition coefficient (Wildman–Crippen LogP) is 0.0213. The van der Waals surface area contributed by atoms with Crippen molar-refractivity contribution < 1.29 is 15.0 Å². The van der Waals surface area contributed by atoms with Gasteiger partial charge in [0.2, 0.25) is 0 Å². The molecule has 0 unspecified atom stereocenters. The number of aliphatic hydroxyl groups excluding tert-OH is 1. The van der Waals surface area contributed by atoms with Gasteiger partial charge in [-0.15, -0.1) is 0 Å². The first-order valence-electron chi connectivity index (χ1n) is 4.67. The summed E-state index contributed by atoms with van der Waals surface area (Å²) in [4.78, 5) is 13.0. The van der Waals surface area contributed by atoms with E-state index in [1.807, 2.05) is 7.05 Å². The van der Waals surface area contributed by atoms with E-state index in [0.29, 0.717) is 6.42 Å². The SMILES string of the molecule is CN1CC[C@@H](CO)[C@H](C(=O)O)CC1. The van der Waals surface area contributed by atoms with Crippen LogP contribution in [0.25, 0.3) is 0 Å². The Bertz CT molecular complexity index is 184. The van der Waals surface area contributed by atoms with Crippen molar-refractivity contribution in [3.05, 3.63) is 0 Å². The third-order valence-corrected chi connectivity index (χ3v) is 2.82. The fourth-order valence-electron chi connectivity index (χ4n) is 1.84. The van der Waals surface area contributed by atoms with Crippen LogP contribution in [0.15, 0.2) is 0 Å². The summed E-state index contributed by atoms with van der Waals surface area (Å²) in [6.45, 7) is 1.69. The Morgan fingerprint density at radius 1 is 1.46 bits per heavy atom. The van der Waals surface area contributed by atoms with E-state index in [2.05, 4.69) is 4.90 Å². The van der Waals surface area contributed by atoms with Crippen molar-refractivity contribution >= 4 is 5.97 Å². The number of rotatable bonds is 2. The van der Waals surface area contributed by atoms with Gasteiger partial charge in [-0.05, 0) is 38.9 Å². The number of aliphatic carboxylic acids is 1. The molecule has 0 radical (unpaired) electrons. The topological polar surface area (TPSA) is 60.8 Å². The molecule has 0 saturated carbocycles. The van der Waals surface area contributed by atoms with Crippen LogP contribution in [0, 0.1) is 11.8 Å². The summed E-state index contributed by atoms with van der Waals surface area (Å²) >= 11 is 0. The standard InChI is InChI=1S/C9H17NO3/c1-10-4-2-7(6-11)8(3-5-10)9(12)13/h7-8,11H,2-6H2,1H3,(H,12,13)/t7-,8+/m0/s1. The van der Waals surface area contributed by atoms with Crippen LogP contribution < -0.4 is 0 Å². The van der Waals surface area contributed by atoms with Crippen molar-refractivity contribution in [1.82, 2.24) is 4.90 Å². The second kappa shape index (κ2) is 4.58. The van der Waals surface area contributed by atoms with Crippen LogP contribution in [0.2, 0.25) is 0 Å². The van der Waals surface area contributed by atoms with Gasteiger partial charge in [0.15, 0.2) is 0 Å². The molecule has 1 aliphatic rings. The molecule has 0 aromatic rings. The smallest absolute Gasteiger partial charge is 0.306 e. The molecule has 76 valence electrons. The summed E-state index contributed by atoms with van der Waals surface area (Å²) in [7, 11) is 1.98. The zero-order chi connectivity index (χ0) is 9.84. The van der Waals surface area contributed by atoms with Gasteiger partial charge >= 0.3 is 5.97 Å². The number of hydrogen-bond acceptors (Lipinski definition) is 3. The minimum absolute atomic E-state index is 0.00912. The highest BCUT2D eigenvalue weighted by atomic mass is 16.4. The molecule has 1 fully saturated rings. The Morgan fingerprint density at radius 2 is 2.08 bits per heavy atom. The molecule has 0 spiro atoms. The maximum absolute atomic E-state index is 10.9. The number of carbonyl (C=O) groups is 1. The summed E-state index contributed by atoms with van der Waals surface area (Å²) in [6.07, 6.45) is 1.43. The molecule has 4 nitrogen and oxygen atoms in total. The van der Waals surface area contributed by atoms with Gasteiger partial charge < -0.3 is 15.1 Å². The molecular weight excluding hydrogens is 170 g/mol. The Balaban J connectivity index is 2.61. The molecule has 0 amide bonds. The number of hydrogen-bond donors (Lipinski definition) is 2. The van der Waals surface area contributed by atoms with Gasteiger partial charge in [0, 0.05) is 6.61 Å². The Hall–Kier alpha value is -0.610. The van der Waals surface area contributed by atoms with Gasteiger partial charge in [-0.1, -0.05) is 0 Å². The van der Waals surface area contributed by atoms with Gasteiger partial charge in [0.25, 0.3) is 0 Å². The number of nitrogens with zero attached hydrogens (tertiary/aromatic N) is 1. The highest BCUT2D eigenvalue weighted by Gasteiger charge is 2.29. The molecule has 0 aromatic carbocycles. The summed E-state index contributed by atoms with van der Waals surface area (Å²) in [5, 5.41) is 18.0. The third kappa shape index (κ3) is 2.67. The predicted molar refractivity (Wildman–Crippen MR) is 48.4 cm³/mol. The van der Waals surface area contributed by atoms with E-state index in [4.69, 9.17) is 10.2 Å². The Kier molecular flexibility index (Phi) is 3.69. The van der Waals surface area contributed by atoms with E-state index in [1.165, 1.54) is 0 Å². The van der Waals surface area contributed by atoms with Gasteiger partial charge in [-0.25, -0.2) is 0 Å². The second-order valence-corrected chi connectivity index (χ2v) is 3.77. The van der Waals surface area contributed by atoms with Gasteiger partial charge in [-0.3, -0.25) is 4.79 Å². The second-order valence-electron chi connectivity index (χ2n) is 3.77. The highest BCUT2D eigenvalue weighted by Crippen LogP contribution is 2.23. The highest BCUT2D eigenvalue weighted by molar-refractivity contribution is 5.70. The van der Waals surface area contributed by atoms with Crippen molar-refractivity contribution in [2.75, 3.05) is 26.7 Å². The molecular formula is C9H17NO3. The van der Waals surface area contributed by atoms with E-state index >= 15 is 0 Å². The monoisotopic (exact) mass is 187 g/mol. The quantitative estimate of drug-likeness (QED) is 0.640. The van der Waals surface area contributed by atoms with Crippen LogP contribution in [0.3, 0.4) is 0 Å². The van der Waals surface area contributed by atoms with E-state index in [1.54, 1.807) is 0 Å². The Morgan fingerprint density at radius 3 is 2.62 bits per heavy atom. The van der Waals surface area contributed by atoms with Crippen molar-refractivity contribution in [1.29, 1.82) is 0 Å². The summed E-state index contributed by atoms with van der Waals surface area (Å²) in [5.74, 6) is -1.20. The average Bonchev–Trinajstić information content (AvgIpc) is 2.26. The van der Waals surface area contributed by atoms with Crippen LogP contribution in [0.4, 0.5) is 0 Å². The molecule has 0 aliphatic carbocycles. The first-order valence-corrected chi connectivity index (χ1v) is 4.67. The van der Waals surface area contributed by atoms with Gasteiger partial charge in [0.1, 0.15) is 0 Å². The fraction of sp³-hybridized carbons (Fsp3) is 0.889. The average molecular weight is 187 g/mol. The molecule has 1 aliphatic heterocycles. The molecule has 4 heteroatoms. The lowest BCUT2D eigenvalue weighted by Gasteiger charge is -2.17. The van der Waals surface area contributed by atoms with Gasteiger partial charge in [0.05, 0.1) is 5.92 Å². The molecule has 1 rings (SSSR count). The van der Waals surface area contributed by atoms with E-state index in [9.17, 15) is 4.79 Å². The lowest BCUT2D eigenvalue weighted by atomic mass is 9.89. The van der Waals surface area contributed by atoms with Crippen LogP contribution in [-0.2, 0) is 4.79 Å². The number of carboxylic acids is 1. The molecule has 1 saturated heterocycles. The number of likely N-dealkylation sites (tertiary alicyclic amines) is 1. The third-order valence-electron chi connectivity index (χ3n) is 2.82. The summed E-state index contributed by atoms with van der Waals surface area (Å²) < 4.78 is 0. The summed E-state index contributed by atoms with van der Waals surface area (Å²) in [6, 6.07) is 0. The zero-order valence-electron chi connectivity index (χ0n) is 7.94. The van der Waals surface area contributed by atoms with Crippen molar-refractivity contribution in [2.45, 2.75) is 12.8 Å². The van der Waals surface area contributed by atoms with Crippen LogP contribution in [0.5, 0.6) is 0 Å². The molecule has 1 heterocycles. The first kappa shape index (κ1) is 10.5. The van der Waals surface area contributed by atoms with E-state index < -0.39 is 5.97 Å². The zero-order valence-corrected chi connectivity index (χ0v) is 7.94. The van der Waals surface area contributed by atoms with Crippen LogP contribution in [0.1, 0.15) is 12.8 Å². The largest absolute Gasteiger partial charge is 0.481 e. The normalized spacial score (nSPS) is 31.2. The van der Waals surface area contributed by atoms with Crippen molar-refractivity contribution in [3.63, 3.8) is 0 Å². The minimum Gasteiger partial charge on any atom is -0.481 e. The Labute approximate surface area is 78.2 Å². The lowest BCUT2D eigenvalue weighted by molar-refractivity contribution is -0.144. The fourth-order valence-corrected chi connectivity index (χ4v) is 1.84. The lowest BCUT2D eigenvalue weighted by Crippen LogP contribution is -2.26. The maximum atomic E-state index is 10.9. The van der Waals surface area contributed by atoms with Crippen molar-refractivity contribution in [3.8, 4) is 0 Å².